The molecule has 154 valence electrons. The molecule has 0 saturated heterocycles. The molecule has 2 aromatic carbocycles. The van der Waals surface area contributed by atoms with Gasteiger partial charge in [0.15, 0.2) is 0 Å². The van der Waals surface area contributed by atoms with Gasteiger partial charge in [0, 0.05) is 40.4 Å². The number of nitrogens with one attached hydrogen (secondary N) is 3. The van der Waals surface area contributed by atoms with Gasteiger partial charge in [0.1, 0.15) is 5.75 Å². The average molecular weight is 425 g/mol. The zero-order valence-electron chi connectivity index (χ0n) is 16.8. The lowest BCUT2D eigenvalue weighted by molar-refractivity contribution is -0.121. The van der Waals surface area contributed by atoms with E-state index in [1.165, 1.54) is 7.11 Å². The molecule has 0 spiro atoms. The fourth-order valence-electron chi connectivity index (χ4n) is 3.80. The number of allylic oxidation sites excluding steroid dienone is 1. The maximum Gasteiger partial charge on any atom is 0.253 e. The summed E-state index contributed by atoms with van der Waals surface area (Å²) in [5.74, 6) is -0.326. The van der Waals surface area contributed by atoms with Gasteiger partial charge < -0.3 is 15.4 Å². The lowest BCUT2D eigenvalue weighted by Gasteiger charge is -2.27. The molecule has 8 heteroatoms. The van der Waals surface area contributed by atoms with Crippen molar-refractivity contribution in [2.24, 2.45) is 0 Å². The Hall–Kier alpha value is -3.32. The average Bonchev–Trinajstić information content (AvgIpc) is 3.08. The summed E-state index contributed by atoms with van der Waals surface area (Å²) in [7, 11) is 1.53. The lowest BCUT2D eigenvalue weighted by Crippen LogP contribution is -2.35. The number of aromatic nitrogens is 2. The largest absolute Gasteiger partial charge is 0.495 e. The number of amides is 2. The molecule has 3 N–H and O–H groups in total. The van der Waals surface area contributed by atoms with Crippen LogP contribution in [0.4, 0.5) is 5.69 Å². The van der Waals surface area contributed by atoms with Crippen LogP contribution in [-0.4, -0.2) is 29.1 Å². The van der Waals surface area contributed by atoms with Crippen molar-refractivity contribution in [1.29, 1.82) is 0 Å². The second kappa shape index (κ2) is 7.84. The summed E-state index contributed by atoms with van der Waals surface area (Å²) < 4.78 is 5.31. The third kappa shape index (κ3) is 3.64. The fraction of sp³-hybridized carbons (Fsp3) is 0.227. The van der Waals surface area contributed by atoms with Gasteiger partial charge in [-0.15, -0.1) is 0 Å². The van der Waals surface area contributed by atoms with Crippen molar-refractivity contribution >= 4 is 40.0 Å². The molecule has 7 nitrogen and oxygen atoms in total. The molecule has 4 rings (SSSR count). The second-order valence-corrected chi connectivity index (χ2v) is 7.68. The number of hydrogen-bond donors (Lipinski definition) is 3. The number of halogens is 1. The smallest absolute Gasteiger partial charge is 0.253 e. The van der Waals surface area contributed by atoms with Crippen molar-refractivity contribution in [2.45, 2.75) is 26.2 Å². The number of fused-ring (bicyclic) bond motifs is 1. The summed E-state index contributed by atoms with van der Waals surface area (Å²) in [4.78, 5) is 25.5. The van der Waals surface area contributed by atoms with Crippen molar-refractivity contribution in [3.63, 3.8) is 0 Å². The van der Waals surface area contributed by atoms with Gasteiger partial charge in [-0.05, 0) is 49.7 Å². The van der Waals surface area contributed by atoms with E-state index >= 15 is 0 Å². The van der Waals surface area contributed by atoms with Gasteiger partial charge >= 0.3 is 0 Å². The molecule has 1 aliphatic heterocycles. The van der Waals surface area contributed by atoms with Gasteiger partial charge in [-0.25, -0.2) is 0 Å². The molecule has 1 aliphatic rings. The van der Waals surface area contributed by atoms with Crippen LogP contribution in [0.15, 0.2) is 47.7 Å². The van der Waals surface area contributed by atoms with E-state index in [0.29, 0.717) is 27.7 Å². The maximum atomic E-state index is 13.2. The summed E-state index contributed by atoms with van der Waals surface area (Å²) in [6.45, 7) is 3.66. The molecule has 1 aromatic heterocycles. The number of methoxy groups -OCH3 is 1. The van der Waals surface area contributed by atoms with E-state index in [1.54, 1.807) is 25.1 Å². The summed E-state index contributed by atoms with van der Waals surface area (Å²) in [5.41, 5.74) is 4.23. The number of benzene rings is 2. The highest BCUT2D eigenvalue weighted by atomic mass is 35.5. The molecule has 0 saturated carbocycles. The first-order valence-electron chi connectivity index (χ1n) is 9.47. The van der Waals surface area contributed by atoms with Crippen molar-refractivity contribution in [1.82, 2.24) is 15.5 Å². The number of rotatable bonds is 4. The number of H-pyrrole nitrogens is 1. The van der Waals surface area contributed by atoms with Crippen molar-refractivity contribution in [3.05, 3.63) is 63.9 Å². The Morgan fingerprint density at radius 3 is 2.80 bits per heavy atom. The normalized spacial score (nSPS) is 16.5. The fourth-order valence-corrected chi connectivity index (χ4v) is 3.99. The first-order chi connectivity index (χ1) is 14.4. The first-order valence-corrected chi connectivity index (χ1v) is 9.85. The highest BCUT2D eigenvalue weighted by Gasteiger charge is 2.32. The van der Waals surface area contributed by atoms with Crippen molar-refractivity contribution in [2.75, 3.05) is 12.4 Å². The minimum absolute atomic E-state index is 0.140. The van der Waals surface area contributed by atoms with E-state index in [1.807, 2.05) is 25.1 Å². The van der Waals surface area contributed by atoms with E-state index in [0.717, 1.165) is 22.2 Å². The van der Waals surface area contributed by atoms with Gasteiger partial charge in [0.2, 0.25) is 5.91 Å². The Kier molecular flexibility index (Phi) is 5.22. The van der Waals surface area contributed by atoms with E-state index in [-0.39, 0.29) is 18.2 Å². The van der Waals surface area contributed by atoms with Crippen LogP contribution in [-0.2, 0) is 9.59 Å². The molecular weight excluding hydrogens is 404 g/mol. The third-order valence-electron chi connectivity index (χ3n) is 5.29. The van der Waals surface area contributed by atoms with Crippen LogP contribution in [0.2, 0.25) is 5.02 Å². The van der Waals surface area contributed by atoms with E-state index < -0.39 is 5.92 Å². The number of carbonyl (C=O) groups is 2. The van der Waals surface area contributed by atoms with Gasteiger partial charge in [-0.1, -0.05) is 17.7 Å². The Bertz CT molecular complexity index is 1200. The SMILES string of the molecule is COc1cc(C2CC(=O)NC(C)=C2C(=O)Nc2ccc3n[nH]c(C)c3c2)ccc1Cl. The quantitative estimate of drug-likeness (QED) is 0.588. The predicted molar refractivity (Wildman–Crippen MR) is 116 cm³/mol. The first kappa shape index (κ1) is 20.0. The monoisotopic (exact) mass is 424 g/mol. The van der Waals surface area contributed by atoms with Gasteiger partial charge in [-0.2, -0.15) is 5.10 Å². The van der Waals surface area contributed by atoms with Crippen LogP contribution < -0.4 is 15.4 Å². The molecule has 0 radical (unpaired) electrons. The standard InChI is InChI=1S/C22H21ClN4O3/c1-11-15-9-14(5-7-18(15)27-26-11)25-22(29)21-12(2)24-20(28)10-16(21)13-4-6-17(23)19(8-13)30-3/h4-9,16H,10H2,1-3H3,(H,24,28)(H,25,29)(H,26,27). The lowest BCUT2D eigenvalue weighted by atomic mass is 9.84. The van der Waals surface area contributed by atoms with Gasteiger partial charge in [-0.3, -0.25) is 14.7 Å². The molecular formula is C22H21ClN4O3. The number of ether oxygens (including phenoxy) is 1. The highest BCUT2D eigenvalue weighted by Crippen LogP contribution is 2.37. The van der Waals surface area contributed by atoms with Crippen LogP contribution in [0, 0.1) is 6.92 Å². The molecule has 0 aliphatic carbocycles. The predicted octanol–water partition coefficient (Wildman–Crippen LogP) is 4.05. The zero-order chi connectivity index (χ0) is 21.4. The van der Waals surface area contributed by atoms with E-state index in [9.17, 15) is 9.59 Å². The molecule has 3 aromatic rings. The van der Waals surface area contributed by atoms with Crippen LogP contribution in [0.1, 0.15) is 30.5 Å². The van der Waals surface area contributed by atoms with Crippen LogP contribution in [0.25, 0.3) is 10.9 Å². The summed E-state index contributed by atoms with van der Waals surface area (Å²) in [6, 6.07) is 10.8. The summed E-state index contributed by atoms with van der Waals surface area (Å²) in [6.07, 6.45) is 0.157. The summed E-state index contributed by atoms with van der Waals surface area (Å²) in [5, 5.41) is 14.3. The second-order valence-electron chi connectivity index (χ2n) is 7.27. The third-order valence-corrected chi connectivity index (χ3v) is 5.61. The molecule has 1 atom stereocenters. The Morgan fingerprint density at radius 1 is 1.23 bits per heavy atom. The Morgan fingerprint density at radius 2 is 2.03 bits per heavy atom. The van der Waals surface area contributed by atoms with Crippen molar-refractivity contribution in [3.8, 4) is 5.75 Å². The minimum Gasteiger partial charge on any atom is -0.495 e. The molecule has 2 heterocycles. The minimum atomic E-state index is -0.413. The number of anilines is 1. The molecule has 30 heavy (non-hydrogen) atoms. The molecule has 0 fully saturated rings. The van der Waals surface area contributed by atoms with E-state index in [2.05, 4.69) is 20.8 Å². The van der Waals surface area contributed by atoms with E-state index in [4.69, 9.17) is 16.3 Å². The maximum absolute atomic E-state index is 13.2. The van der Waals surface area contributed by atoms with Crippen LogP contribution in [0.5, 0.6) is 5.75 Å². The number of aryl methyl sites for hydroxylation is 1. The van der Waals surface area contributed by atoms with Gasteiger partial charge in [0.05, 0.1) is 17.6 Å². The van der Waals surface area contributed by atoms with Crippen LogP contribution >= 0.6 is 11.6 Å². The Balaban J connectivity index is 1.69. The number of carbonyl (C=O) groups excluding carboxylic acids is 2. The van der Waals surface area contributed by atoms with Crippen molar-refractivity contribution < 1.29 is 14.3 Å². The van der Waals surface area contributed by atoms with Crippen LogP contribution in [0.3, 0.4) is 0 Å². The number of hydrogen-bond acceptors (Lipinski definition) is 4. The molecule has 0 bridgehead atoms. The number of nitrogens with zero attached hydrogens (tertiary/aromatic N) is 1. The topological polar surface area (TPSA) is 96.1 Å². The zero-order valence-corrected chi connectivity index (χ0v) is 17.6. The molecule has 1 unspecified atom stereocenters. The molecule has 2 amide bonds. The summed E-state index contributed by atoms with van der Waals surface area (Å²) >= 11 is 6.15. The highest BCUT2D eigenvalue weighted by molar-refractivity contribution is 6.32. The Labute approximate surface area is 178 Å². The van der Waals surface area contributed by atoms with Gasteiger partial charge in [0.25, 0.3) is 5.91 Å². The number of aromatic amines is 1.